The second-order valence-corrected chi connectivity index (χ2v) is 4.47. The summed E-state index contributed by atoms with van der Waals surface area (Å²) in [7, 11) is 2.98. The van der Waals surface area contributed by atoms with Crippen molar-refractivity contribution < 1.29 is 19.0 Å². The van der Waals surface area contributed by atoms with E-state index >= 15 is 0 Å². The van der Waals surface area contributed by atoms with Crippen LogP contribution < -0.4 is 4.74 Å². The zero-order chi connectivity index (χ0) is 15.1. The summed E-state index contributed by atoms with van der Waals surface area (Å²) in [6, 6.07) is 16.8. The molecule has 0 fully saturated rings. The summed E-state index contributed by atoms with van der Waals surface area (Å²) < 4.78 is 15.6. The van der Waals surface area contributed by atoms with Gasteiger partial charge in [0.25, 0.3) is 0 Å². The van der Waals surface area contributed by atoms with Crippen molar-refractivity contribution in [1.82, 2.24) is 0 Å². The SMILES string of the molecule is COC(=O)[C@H](OCc1ccc(OC)cc1)c1ccccc1. The van der Waals surface area contributed by atoms with Crippen molar-refractivity contribution >= 4 is 5.97 Å². The Morgan fingerprint density at radius 2 is 1.67 bits per heavy atom. The van der Waals surface area contributed by atoms with Gasteiger partial charge in [-0.2, -0.15) is 0 Å². The van der Waals surface area contributed by atoms with E-state index in [4.69, 9.17) is 14.2 Å². The predicted molar refractivity (Wildman–Crippen MR) is 79.0 cm³/mol. The van der Waals surface area contributed by atoms with E-state index in [1.54, 1.807) is 7.11 Å². The Labute approximate surface area is 124 Å². The second kappa shape index (κ2) is 7.45. The lowest BCUT2D eigenvalue weighted by atomic mass is 10.1. The predicted octanol–water partition coefficient (Wildman–Crippen LogP) is 3.13. The van der Waals surface area contributed by atoms with E-state index in [-0.39, 0.29) is 0 Å². The van der Waals surface area contributed by atoms with E-state index in [9.17, 15) is 4.79 Å². The molecule has 4 heteroatoms. The minimum Gasteiger partial charge on any atom is -0.497 e. The molecule has 0 radical (unpaired) electrons. The van der Waals surface area contributed by atoms with Crippen molar-refractivity contribution in [1.29, 1.82) is 0 Å². The van der Waals surface area contributed by atoms with Gasteiger partial charge in [0.2, 0.25) is 0 Å². The molecule has 0 unspecified atom stereocenters. The number of esters is 1. The van der Waals surface area contributed by atoms with Crippen LogP contribution in [0.2, 0.25) is 0 Å². The molecule has 110 valence electrons. The monoisotopic (exact) mass is 286 g/mol. The molecule has 1 atom stereocenters. The highest BCUT2D eigenvalue weighted by Gasteiger charge is 2.21. The molecule has 0 aromatic heterocycles. The third kappa shape index (κ3) is 4.07. The van der Waals surface area contributed by atoms with Gasteiger partial charge >= 0.3 is 5.97 Å². The van der Waals surface area contributed by atoms with Gasteiger partial charge in [0.15, 0.2) is 6.10 Å². The van der Waals surface area contributed by atoms with Crippen LogP contribution in [0.25, 0.3) is 0 Å². The van der Waals surface area contributed by atoms with Crippen molar-refractivity contribution in [3.63, 3.8) is 0 Å². The van der Waals surface area contributed by atoms with Crippen molar-refractivity contribution in [3.8, 4) is 5.75 Å². The largest absolute Gasteiger partial charge is 0.497 e. The lowest BCUT2D eigenvalue weighted by Crippen LogP contribution is -2.17. The summed E-state index contributed by atoms with van der Waals surface area (Å²) in [6.45, 7) is 0.318. The molecule has 4 nitrogen and oxygen atoms in total. The molecule has 0 heterocycles. The van der Waals surface area contributed by atoms with Crippen LogP contribution in [0.4, 0.5) is 0 Å². The maximum Gasteiger partial charge on any atom is 0.339 e. The van der Waals surface area contributed by atoms with E-state index in [1.165, 1.54) is 7.11 Å². The maximum atomic E-state index is 11.9. The Kier molecular flexibility index (Phi) is 5.35. The van der Waals surface area contributed by atoms with Crippen LogP contribution >= 0.6 is 0 Å². The van der Waals surface area contributed by atoms with Crippen molar-refractivity contribution in [2.45, 2.75) is 12.7 Å². The van der Waals surface area contributed by atoms with E-state index in [0.717, 1.165) is 16.9 Å². The Hall–Kier alpha value is -2.33. The fourth-order valence-corrected chi connectivity index (χ4v) is 1.94. The molecule has 0 saturated carbocycles. The van der Waals surface area contributed by atoms with E-state index in [2.05, 4.69) is 0 Å². The van der Waals surface area contributed by atoms with Crippen LogP contribution in [0, 0.1) is 0 Å². The molecule has 0 aliphatic carbocycles. The second-order valence-electron chi connectivity index (χ2n) is 4.47. The van der Waals surface area contributed by atoms with Gasteiger partial charge in [0.05, 0.1) is 20.8 Å². The Morgan fingerprint density at radius 1 is 1.00 bits per heavy atom. The first-order chi connectivity index (χ1) is 10.2. The third-order valence-corrected chi connectivity index (χ3v) is 3.09. The molecule has 0 bridgehead atoms. The van der Waals surface area contributed by atoms with Crippen LogP contribution in [-0.4, -0.2) is 20.2 Å². The van der Waals surface area contributed by atoms with E-state index in [1.807, 2.05) is 54.6 Å². The van der Waals surface area contributed by atoms with Gasteiger partial charge in [-0.05, 0) is 23.3 Å². The first kappa shape index (κ1) is 15.1. The first-order valence-corrected chi connectivity index (χ1v) is 6.62. The van der Waals surface area contributed by atoms with E-state index < -0.39 is 12.1 Å². The lowest BCUT2D eigenvalue weighted by Gasteiger charge is -2.16. The van der Waals surface area contributed by atoms with Crippen LogP contribution in [0.5, 0.6) is 5.75 Å². The van der Waals surface area contributed by atoms with E-state index in [0.29, 0.717) is 6.61 Å². The zero-order valence-corrected chi connectivity index (χ0v) is 12.1. The molecule has 0 spiro atoms. The lowest BCUT2D eigenvalue weighted by molar-refractivity contribution is -0.155. The fraction of sp³-hybridized carbons (Fsp3) is 0.235. The standard InChI is InChI=1S/C17H18O4/c1-19-15-10-8-13(9-11-15)12-21-16(17(18)20-2)14-6-4-3-5-7-14/h3-11,16H,12H2,1-2H3/t16-/m1/s1. The topological polar surface area (TPSA) is 44.8 Å². The molecule has 2 rings (SSSR count). The average molecular weight is 286 g/mol. The fourth-order valence-electron chi connectivity index (χ4n) is 1.94. The molecular formula is C17H18O4. The van der Waals surface area contributed by atoms with Crippen LogP contribution in [0.1, 0.15) is 17.2 Å². The average Bonchev–Trinajstić information content (AvgIpc) is 2.56. The third-order valence-electron chi connectivity index (χ3n) is 3.09. The Bertz CT molecular complexity index is 563. The number of hydrogen-bond acceptors (Lipinski definition) is 4. The van der Waals surface area contributed by atoms with Gasteiger partial charge in [-0.1, -0.05) is 42.5 Å². The highest BCUT2D eigenvalue weighted by molar-refractivity contribution is 5.76. The number of rotatable bonds is 6. The van der Waals surface area contributed by atoms with Crippen molar-refractivity contribution in [3.05, 3.63) is 65.7 Å². The van der Waals surface area contributed by atoms with Gasteiger partial charge in [-0.3, -0.25) is 0 Å². The summed E-state index contributed by atoms with van der Waals surface area (Å²) in [6.07, 6.45) is -0.724. The number of carbonyl (C=O) groups is 1. The zero-order valence-electron chi connectivity index (χ0n) is 12.1. The summed E-state index contributed by atoms with van der Waals surface area (Å²) in [5.74, 6) is 0.376. The van der Waals surface area contributed by atoms with Gasteiger partial charge in [-0.25, -0.2) is 4.79 Å². The van der Waals surface area contributed by atoms with Crippen LogP contribution in [-0.2, 0) is 20.9 Å². The molecule has 0 amide bonds. The smallest absolute Gasteiger partial charge is 0.339 e. The van der Waals surface area contributed by atoms with Gasteiger partial charge in [-0.15, -0.1) is 0 Å². The van der Waals surface area contributed by atoms with Crippen LogP contribution in [0.15, 0.2) is 54.6 Å². The molecule has 0 N–H and O–H groups in total. The minimum atomic E-state index is -0.724. The highest BCUT2D eigenvalue weighted by atomic mass is 16.6. The molecule has 2 aromatic carbocycles. The Balaban J connectivity index is 2.07. The normalized spacial score (nSPS) is 11.7. The van der Waals surface area contributed by atoms with Gasteiger partial charge < -0.3 is 14.2 Å². The molecule has 0 aliphatic rings. The quantitative estimate of drug-likeness (QED) is 0.765. The highest BCUT2D eigenvalue weighted by Crippen LogP contribution is 2.21. The van der Waals surface area contributed by atoms with Gasteiger partial charge in [0.1, 0.15) is 5.75 Å². The number of benzene rings is 2. The number of methoxy groups -OCH3 is 2. The van der Waals surface area contributed by atoms with Gasteiger partial charge in [0, 0.05) is 0 Å². The van der Waals surface area contributed by atoms with Crippen molar-refractivity contribution in [2.24, 2.45) is 0 Å². The molecular weight excluding hydrogens is 268 g/mol. The first-order valence-electron chi connectivity index (χ1n) is 6.62. The molecule has 0 aliphatic heterocycles. The van der Waals surface area contributed by atoms with Crippen molar-refractivity contribution in [2.75, 3.05) is 14.2 Å². The minimum absolute atomic E-state index is 0.318. The summed E-state index contributed by atoms with van der Waals surface area (Å²) in [4.78, 5) is 11.9. The molecule has 21 heavy (non-hydrogen) atoms. The summed E-state index contributed by atoms with van der Waals surface area (Å²) >= 11 is 0. The maximum absolute atomic E-state index is 11.9. The molecule has 0 saturated heterocycles. The Morgan fingerprint density at radius 3 is 2.24 bits per heavy atom. The number of ether oxygens (including phenoxy) is 3. The summed E-state index contributed by atoms with van der Waals surface area (Å²) in [5.41, 5.74) is 1.73. The summed E-state index contributed by atoms with van der Waals surface area (Å²) in [5, 5.41) is 0. The number of hydrogen-bond donors (Lipinski definition) is 0. The molecule has 2 aromatic rings. The number of carbonyl (C=O) groups excluding carboxylic acids is 1. The van der Waals surface area contributed by atoms with Crippen LogP contribution in [0.3, 0.4) is 0 Å².